The fourth-order valence-electron chi connectivity index (χ4n) is 3.10. The highest BCUT2D eigenvalue weighted by molar-refractivity contribution is 4.84. The van der Waals surface area contributed by atoms with Gasteiger partial charge in [0.1, 0.15) is 0 Å². The number of methoxy groups -OCH3 is 1. The molecule has 2 heterocycles. The van der Waals surface area contributed by atoms with Crippen LogP contribution < -0.4 is 5.32 Å². The van der Waals surface area contributed by atoms with Crippen LogP contribution in [0.4, 0.5) is 0 Å². The van der Waals surface area contributed by atoms with Gasteiger partial charge < -0.3 is 14.8 Å². The quantitative estimate of drug-likeness (QED) is 0.817. The van der Waals surface area contributed by atoms with Crippen molar-refractivity contribution in [1.29, 1.82) is 0 Å². The summed E-state index contributed by atoms with van der Waals surface area (Å²) in [5.74, 6) is 0.689. The molecule has 0 saturated carbocycles. The molecule has 0 aromatic rings. The summed E-state index contributed by atoms with van der Waals surface area (Å²) in [6, 6.07) is 1.13. The van der Waals surface area contributed by atoms with Crippen LogP contribution in [0.25, 0.3) is 0 Å². The SMILES string of the molecule is COC1CN(C(C)CC2COCCN2)CCC1C. The summed E-state index contributed by atoms with van der Waals surface area (Å²) in [5, 5.41) is 3.54. The number of nitrogens with zero attached hydrogens (tertiary/aromatic N) is 1. The first kappa shape index (κ1) is 14.3. The fraction of sp³-hybridized carbons (Fsp3) is 1.00. The van der Waals surface area contributed by atoms with Crippen LogP contribution in [0, 0.1) is 5.92 Å². The zero-order valence-electron chi connectivity index (χ0n) is 12.0. The Balaban J connectivity index is 1.79. The van der Waals surface area contributed by atoms with Gasteiger partial charge in [-0.15, -0.1) is 0 Å². The molecule has 2 aliphatic heterocycles. The number of hydrogen-bond acceptors (Lipinski definition) is 4. The zero-order valence-corrected chi connectivity index (χ0v) is 12.0. The number of likely N-dealkylation sites (tertiary alicyclic amines) is 1. The van der Waals surface area contributed by atoms with Gasteiger partial charge in [0.25, 0.3) is 0 Å². The smallest absolute Gasteiger partial charge is 0.0724 e. The maximum Gasteiger partial charge on any atom is 0.0724 e. The lowest BCUT2D eigenvalue weighted by atomic mass is 9.94. The minimum atomic E-state index is 0.400. The Morgan fingerprint density at radius 3 is 3.00 bits per heavy atom. The van der Waals surface area contributed by atoms with E-state index >= 15 is 0 Å². The Morgan fingerprint density at radius 1 is 1.50 bits per heavy atom. The lowest BCUT2D eigenvalue weighted by molar-refractivity contribution is -0.0220. The Morgan fingerprint density at radius 2 is 2.33 bits per heavy atom. The van der Waals surface area contributed by atoms with Crippen molar-refractivity contribution in [3.8, 4) is 0 Å². The molecule has 0 bridgehead atoms. The average molecular weight is 256 g/mol. The lowest BCUT2D eigenvalue weighted by Crippen LogP contribution is -2.51. The van der Waals surface area contributed by atoms with Gasteiger partial charge in [-0.3, -0.25) is 4.90 Å². The van der Waals surface area contributed by atoms with E-state index in [4.69, 9.17) is 9.47 Å². The van der Waals surface area contributed by atoms with Crippen molar-refractivity contribution in [2.45, 2.75) is 44.9 Å². The van der Waals surface area contributed by atoms with E-state index in [1.54, 1.807) is 0 Å². The summed E-state index contributed by atoms with van der Waals surface area (Å²) in [4.78, 5) is 2.57. The van der Waals surface area contributed by atoms with E-state index in [9.17, 15) is 0 Å². The first-order valence-corrected chi connectivity index (χ1v) is 7.28. The van der Waals surface area contributed by atoms with E-state index in [-0.39, 0.29) is 0 Å². The van der Waals surface area contributed by atoms with E-state index in [0.29, 0.717) is 24.1 Å². The molecular formula is C14H28N2O2. The van der Waals surface area contributed by atoms with Gasteiger partial charge in [-0.1, -0.05) is 6.92 Å². The minimum Gasteiger partial charge on any atom is -0.380 e. The maximum atomic E-state index is 5.59. The van der Waals surface area contributed by atoms with Gasteiger partial charge in [0, 0.05) is 32.3 Å². The highest BCUT2D eigenvalue weighted by Gasteiger charge is 2.29. The Hall–Kier alpha value is -0.160. The van der Waals surface area contributed by atoms with Crippen LogP contribution >= 0.6 is 0 Å². The molecule has 0 amide bonds. The van der Waals surface area contributed by atoms with Gasteiger partial charge in [-0.25, -0.2) is 0 Å². The van der Waals surface area contributed by atoms with E-state index < -0.39 is 0 Å². The topological polar surface area (TPSA) is 33.7 Å². The first-order valence-electron chi connectivity index (χ1n) is 7.28. The third-order valence-electron chi connectivity index (χ3n) is 4.47. The highest BCUT2D eigenvalue weighted by atomic mass is 16.5. The molecule has 4 atom stereocenters. The Kier molecular flexibility index (Phi) is 5.42. The van der Waals surface area contributed by atoms with Crippen LogP contribution in [0.3, 0.4) is 0 Å². The molecule has 18 heavy (non-hydrogen) atoms. The summed E-state index contributed by atoms with van der Waals surface area (Å²) < 4.78 is 11.1. The molecule has 1 N–H and O–H groups in total. The van der Waals surface area contributed by atoms with Crippen LogP contribution in [-0.2, 0) is 9.47 Å². The third kappa shape index (κ3) is 3.67. The standard InChI is InChI=1S/C14H28N2O2/c1-11-4-6-16(9-14(11)17-3)12(2)8-13-10-18-7-5-15-13/h11-15H,4-10H2,1-3H3. The summed E-state index contributed by atoms with van der Waals surface area (Å²) in [7, 11) is 1.84. The van der Waals surface area contributed by atoms with E-state index in [1.165, 1.54) is 19.4 Å². The van der Waals surface area contributed by atoms with Gasteiger partial charge in [-0.05, 0) is 32.2 Å². The normalized spacial score (nSPS) is 36.5. The number of ether oxygens (including phenoxy) is 2. The number of morpholine rings is 1. The van der Waals surface area contributed by atoms with Crippen LogP contribution in [-0.4, -0.2) is 63.0 Å². The van der Waals surface area contributed by atoms with Gasteiger partial charge in [0.05, 0.1) is 19.3 Å². The second-order valence-electron chi connectivity index (χ2n) is 5.85. The summed E-state index contributed by atoms with van der Waals surface area (Å²) in [5.41, 5.74) is 0. The first-order chi connectivity index (χ1) is 8.70. The summed E-state index contributed by atoms with van der Waals surface area (Å²) >= 11 is 0. The van der Waals surface area contributed by atoms with Gasteiger partial charge in [-0.2, -0.15) is 0 Å². The van der Waals surface area contributed by atoms with Crippen molar-refractivity contribution in [3.05, 3.63) is 0 Å². The average Bonchev–Trinajstić information content (AvgIpc) is 2.40. The molecule has 0 aromatic carbocycles. The molecule has 106 valence electrons. The molecule has 0 aliphatic carbocycles. The van der Waals surface area contributed by atoms with E-state index in [2.05, 4.69) is 24.1 Å². The van der Waals surface area contributed by atoms with Gasteiger partial charge in [0.2, 0.25) is 0 Å². The molecule has 2 saturated heterocycles. The van der Waals surface area contributed by atoms with E-state index in [1.807, 2.05) is 7.11 Å². The molecular weight excluding hydrogens is 228 g/mol. The van der Waals surface area contributed by atoms with Crippen molar-refractivity contribution < 1.29 is 9.47 Å². The molecule has 4 nitrogen and oxygen atoms in total. The van der Waals surface area contributed by atoms with Crippen molar-refractivity contribution in [2.24, 2.45) is 5.92 Å². The molecule has 2 aliphatic rings. The number of piperidine rings is 1. The lowest BCUT2D eigenvalue weighted by Gasteiger charge is -2.40. The van der Waals surface area contributed by atoms with Crippen molar-refractivity contribution in [3.63, 3.8) is 0 Å². The minimum absolute atomic E-state index is 0.400. The maximum absolute atomic E-state index is 5.59. The van der Waals surface area contributed by atoms with Gasteiger partial charge in [0.15, 0.2) is 0 Å². The largest absolute Gasteiger partial charge is 0.380 e. The molecule has 0 spiro atoms. The predicted molar refractivity (Wildman–Crippen MR) is 72.8 cm³/mol. The molecule has 4 unspecified atom stereocenters. The van der Waals surface area contributed by atoms with Crippen molar-refractivity contribution >= 4 is 0 Å². The number of nitrogens with one attached hydrogen (secondary N) is 1. The Bertz CT molecular complexity index is 244. The number of rotatable bonds is 4. The molecule has 2 fully saturated rings. The van der Waals surface area contributed by atoms with Crippen LogP contribution in [0.1, 0.15) is 26.7 Å². The second-order valence-corrected chi connectivity index (χ2v) is 5.85. The second kappa shape index (κ2) is 6.85. The number of hydrogen-bond donors (Lipinski definition) is 1. The highest BCUT2D eigenvalue weighted by Crippen LogP contribution is 2.22. The van der Waals surface area contributed by atoms with Crippen molar-refractivity contribution in [2.75, 3.05) is 40.0 Å². The molecule has 2 rings (SSSR count). The van der Waals surface area contributed by atoms with Crippen molar-refractivity contribution in [1.82, 2.24) is 10.2 Å². The predicted octanol–water partition coefficient (Wildman–Crippen LogP) is 1.11. The van der Waals surface area contributed by atoms with Gasteiger partial charge >= 0.3 is 0 Å². The summed E-state index contributed by atoms with van der Waals surface area (Å²) in [6.07, 6.45) is 2.82. The third-order valence-corrected chi connectivity index (χ3v) is 4.47. The molecule has 0 aromatic heterocycles. The zero-order chi connectivity index (χ0) is 13.0. The Labute approximate surface area is 111 Å². The van der Waals surface area contributed by atoms with Crippen LogP contribution in [0.15, 0.2) is 0 Å². The fourth-order valence-corrected chi connectivity index (χ4v) is 3.10. The molecule has 0 radical (unpaired) electrons. The summed E-state index contributed by atoms with van der Waals surface area (Å²) in [6.45, 7) is 9.63. The van der Waals surface area contributed by atoms with Crippen LogP contribution in [0.2, 0.25) is 0 Å². The van der Waals surface area contributed by atoms with E-state index in [0.717, 1.165) is 26.3 Å². The molecule has 4 heteroatoms. The monoisotopic (exact) mass is 256 g/mol. The van der Waals surface area contributed by atoms with Crippen LogP contribution in [0.5, 0.6) is 0 Å².